The highest BCUT2D eigenvalue weighted by Gasteiger charge is 2.42. The SMILES string of the molecule is CCN1C[C@]2(CCCN(C(=O)CCSCc3ccccc3)C2)CCC1=O. The lowest BCUT2D eigenvalue weighted by molar-refractivity contribution is -0.142. The van der Waals surface area contributed by atoms with Crippen molar-refractivity contribution < 1.29 is 9.59 Å². The molecule has 4 nitrogen and oxygen atoms in total. The zero-order valence-electron chi connectivity index (χ0n) is 15.8. The summed E-state index contributed by atoms with van der Waals surface area (Å²) in [6.07, 6.45) is 4.40. The number of carbonyl (C=O) groups excluding carboxylic acids is 2. The number of hydrogen-bond acceptors (Lipinski definition) is 3. The van der Waals surface area contributed by atoms with Gasteiger partial charge in [0.25, 0.3) is 0 Å². The third-order valence-electron chi connectivity index (χ3n) is 5.72. The fraction of sp³-hybridized carbons (Fsp3) is 0.619. The summed E-state index contributed by atoms with van der Waals surface area (Å²) in [5.74, 6) is 2.39. The Bertz CT molecular complexity index is 622. The third-order valence-corrected chi connectivity index (χ3v) is 6.75. The van der Waals surface area contributed by atoms with E-state index in [1.54, 1.807) is 0 Å². The first-order valence-corrected chi connectivity index (χ1v) is 10.9. The number of likely N-dealkylation sites (tertiary alicyclic amines) is 2. The highest BCUT2D eigenvalue weighted by Crippen LogP contribution is 2.39. The van der Waals surface area contributed by atoms with Crippen molar-refractivity contribution in [3.8, 4) is 0 Å². The van der Waals surface area contributed by atoms with Crippen LogP contribution < -0.4 is 0 Å². The van der Waals surface area contributed by atoms with Crippen molar-refractivity contribution in [2.24, 2.45) is 5.41 Å². The first-order valence-electron chi connectivity index (χ1n) is 9.79. The van der Waals surface area contributed by atoms with E-state index in [1.165, 1.54) is 5.56 Å². The second-order valence-electron chi connectivity index (χ2n) is 7.61. The van der Waals surface area contributed by atoms with E-state index in [2.05, 4.69) is 29.2 Å². The molecule has 0 aromatic heterocycles. The number of hydrogen-bond donors (Lipinski definition) is 0. The van der Waals surface area contributed by atoms with E-state index in [-0.39, 0.29) is 17.2 Å². The maximum atomic E-state index is 12.7. The van der Waals surface area contributed by atoms with E-state index >= 15 is 0 Å². The Hall–Kier alpha value is -1.49. The molecule has 142 valence electrons. The van der Waals surface area contributed by atoms with Crippen LogP contribution in [0.25, 0.3) is 0 Å². The Morgan fingerprint density at radius 2 is 2.00 bits per heavy atom. The first-order chi connectivity index (χ1) is 12.6. The van der Waals surface area contributed by atoms with Gasteiger partial charge in [0.05, 0.1) is 0 Å². The van der Waals surface area contributed by atoms with Crippen molar-refractivity contribution >= 4 is 23.6 Å². The fourth-order valence-electron chi connectivity index (χ4n) is 4.23. The summed E-state index contributed by atoms with van der Waals surface area (Å²) < 4.78 is 0. The summed E-state index contributed by atoms with van der Waals surface area (Å²) in [5, 5.41) is 0. The molecule has 2 aliphatic heterocycles. The van der Waals surface area contributed by atoms with Crippen LogP contribution in [0.4, 0.5) is 0 Å². The average Bonchev–Trinajstić information content (AvgIpc) is 2.68. The lowest BCUT2D eigenvalue weighted by Crippen LogP contribution is -2.55. The number of rotatable bonds is 6. The molecule has 1 aromatic carbocycles. The maximum absolute atomic E-state index is 12.7. The second-order valence-corrected chi connectivity index (χ2v) is 8.72. The molecule has 1 aromatic rings. The predicted octanol–water partition coefficient (Wildman–Crippen LogP) is 3.56. The van der Waals surface area contributed by atoms with Crippen molar-refractivity contribution in [3.05, 3.63) is 35.9 Å². The molecule has 0 N–H and O–H groups in total. The Labute approximate surface area is 161 Å². The number of benzene rings is 1. The molecule has 2 fully saturated rings. The van der Waals surface area contributed by atoms with Crippen LogP contribution in [0.1, 0.15) is 44.6 Å². The Morgan fingerprint density at radius 1 is 1.19 bits per heavy atom. The molecule has 1 spiro atoms. The van der Waals surface area contributed by atoms with Gasteiger partial charge >= 0.3 is 0 Å². The molecule has 0 radical (unpaired) electrons. The molecule has 1 atom stereocenters. The molecular weight excluding hydrogens is 344 g/mol. The Kier molecular flexibility index (Phi) is 6.63. The molecule has 5 heteroatoms. The minimum Gasteiger partial charge on any atom is -0.342 e. The van der Waals surface area contributed by atoms with Crippen LogP contribution in [0.3, 0.4) is 0 Å². The molecule has 0 bridgehead atoms. The first kappa shape index (κ1) is 19.3. The molecule has 2 heterocycles. The Balaban J connectivity index is 1.46. The van der Waals surface area contributed by atoms with E-state index in [4.69, 9.17) is 0 Å². The number of nitrogens with zero attached hydrogens (tertiary/aromatic N) is 2. The van der Waals surface area contributed by atoms with Gasteiger partial charge in [-0.1, -0.05) is 30.3 Å². The zero-order chi connectivity index (χ0) is 18.4. The van der Waals surface area contributed by atoms with E-state index in [0.29, 0.717) is 12.8 Å². The fourth-order valence-corrected chi connectivity index (χ4v) is 5.12. The van der Waals surface area contributed by atoms with Crippen molar-refractivity contribution in [2.75, 3.05) is 31.9 Å². The largest absolute Gasteiger partial charge is 0.342 e. The third kappa shape index (κ3) is 4.81. The minimum absolute atomic E-state index is 0.134. The van der Waals surface area contributed by atoms with Crippen LogP contribution in [0.5, 0.6) is 0 Å². The topological polar surface area (TPSA) is 40.6 Å². The van der Waals surface area contributed by atoms with Crippen LogP contribution in [0.2, 0.25) is 0 Å². The van der Waals surface area contributed by atoms with Crippen molar-refractivity contribution in [2.45, 2.75) is 44.8 Å². The number of piperidine rings is 2. The average molecular weight is 375 g/mol. The predicted molar refractivity (Wildman–Crippen MR) is 107 cm³/mol. The monoisotopic (exact) mass is 374 g/mol. The smallest absolute Gasteiger partial charge is 0.223 e. The van der Waals surface area contributed by atoms with Gasteiger partial charge in [0.2, 0.25) is 11.8 Å². The molecular formula is C21H30N2O2S. The maximum Gasteiger partial charge on any atom is 0.223 e. The van der Waals surface area contributed by atoms with E-state index in [1.807, 2.05) is 29.7 Å². The lowest BCUT2D eigenvalue weighted by Gasteiger charge is -2.48. The van der Waals surface area contributed by atoms with E-state index in [0.717, 1.165) is 56.9 Å². The highest BCUT2D eigenvalue weighted by atomic mass is 32.2. The summed E-state index contributed by atoms with van der Waals surface area (Å²) in [6, 6.07) is 10.4. The molecule has 2 aliphatic rings. The normalized spacial score (nSPS) is 23.5. The van der Waals surface area contributed by atoms with Gasteiger partial charge in [-0.2, -0.15) is 11.8 Å². The van der Waals surface area contributed by atoms with Crippen LogP contribution in [0, 0.1) is 5.41 Å². The van der Waals surface area contributed by atoms with Crippen LogP contribution in [-0.2, 0) is 15.3 Å². The van der Waals surface area contributed by atoms with Gasteiger partial charge < -0.3 is 9.80 Å². The molecule has 3 rings (SSSR count). The molecule has 0 unspecified atom stereocenters. The van der Waals surface area contributed by atoms with Gasteiger partial charge in [-0.15, -0.1) is 0 Å². The highest BCUT2D eigenvalue weighted by molar-refractivity contribution is 7.98. The van der Waals surface area contributed by atoms with Gasteiger partial charge in [-0.25, -0.2) is 0 Å². The number of thioether (sulfide) groups is 1. The summed E-state index contributed by atoms with van der Waals surface area (Å²) in [6.45, 7) is 5.37. The van der Waals surface area contributed by atoms with Gasteiger partial charge in [0.1, 0.15) is 0 Å². The van der Waals surface area contributed by atoms with Crippen LogP contribution in [0.15, 0.2) is 30.3 Å². The lowest BCUT2D eigenvalue weighted by atomic mass is 9.73. The summed E-state index contributed by atoms with van der Waals surface area (Å²) in [4.78, 5) is 28.7. The van der Waals surface area contributed by atoms with Gasteiger partial charge in [-0.05, 0) is 31.7 Å². The van der Waals surface area contributed by atoms with Crippen molar-refractivity contribution in [1.82, 2.24) is 9.80 Å². The minimum atomic E-state index is 0.134. The van der Waals surface area contributed by atoms with Crippen LogP contribution >= 0.6 is 11.8 Å². The number of carbonyl (C=O) groups is 2. The summed E-state index contributed by atoms with van der Waals surface area (Å²) >= 11 is 1.83. The summed E-state index contributed by atoms with van der Waals surface area (Å²) in [5.41, 5.74) is 1.45. The van der Waals surface area contributed by atoms with Crippen LogP contribution in [-0.4, -0.2) is 53.5 Å². The molecule has 2 amide bonds. The molecule has 2 saturated heterocycles. The van der Waals surface area contributed by atoms with Crippen molar-refractivity contribution in [3.63, 3.8) is 0 Å². The second kappa shape index (κ2) is 8.94. The van der Waals surface area contributed by atoms with Crippen molar-refractivity contribution in [1.29, 1.82) is 0 Å². The Morgan fingerprint density at radius 3 is 2.77 bits per heavy atom. The molecule has 26 heavy (non-hydrogen) atoms. The quantitative estimate of drug-likeness (QED) is 0.715. The van der Waals surface area contributed by atoms with Gasteiger partial charge in [0.15, 0.2) is 0 Å². The van der Waals surface area contributed by atoms with Gasteiger partial charge in [0, 0.05) is 55.9 Å². The van der Waals surface area contributed by atoms with E-state index in [9.17, 15) is 9.59 Å². The zero-order valence-corrected chi connectivity index (χ0v) is 16.6. The molecule has 0 saturated carbocycles. The van der Waals surface area contributed by atoms with Gasteiger partial charge in [-0.3, -0.25) is 9.59 Å². The number of amides is 2. The molecule has 0 aliphatic carbocycles. The standard InChI is InChI=1S/C21H30N2O2S/c1-2-22-16-21(12-9-19(22)24)11-6-13-23(17-21)20(25)10-14-26-15-18-7-4-3-5-8-18/h3-5,7-8H,2,6,9-17H2,1H3/t21-/m0/s1. The van der Waals surface area contributed by atoms with E-state index < -0.39 is 0 Å². The summed E-state index contributed by atoms with van der Waals surface area (Å²) in [7, 11) is 0.